The molecule has 0 unspecified atom stereocenters. The van der Waals surface area contributed by atoms with E-state index in [2.05, 4.69) is 4.74 Å². The van der Waals surface area contributed by atoms with Crippen molar-refractivity contribution >= 4 is 0 Å². The summed E-state index contributed by atoms with van der Waals surface area (Å²) in [6, 6.07) is 0. The van der Waals surface area contributed by atoms with Gasteiger partial charge in [-0.1, -0.05) is 0 Å². The molecule has 0 spiro atoms. The first kappa shape index (κ1) is 9.85. The second-order valence-corrected chi connectivity index (χ2v) is 2.85. The lowest BCUT2D eigenvalue weighted by molar-refractivity contribution is -0.310. The zero-order valence-corrected chi connectivity index (χ0v) is 6.29. The Balaban J connectivity index is 2.78. The van der Waals surface area contributed by atoms with Gasteiger partial charge in [-0.3, -0.25) is 0 Å². The third-order valence-electron chi connectivity index (χ3n) is 1.98. The Kier molecular flexibility index (Phi) is 2.67. The average Bonchev–Trinajstić information content (AvgIpc) is 2.08. The van der Waals surface area contributed by atoms with Gasteiger partial charge in [-0.2, -0.15) is 0 Å². The van der Waals surface area contributed by atoms with Crippen molar-refractivity contribution in [1.82, 2.24) is 0 Å². The van der Waals surface area contributed by atoms with Crippen LogP contribution in [0.4, 0.5) is 0 Å². The molecule has 6 nitrogen and oxygen atoms in total. The molecule has 72 valence electrons. The van der Waals surface area contributed by atoms with Gasteiger partial charge < -0.3 is 30.3 Å². The summed E-state index contributed by atoms with van der Waals surface area (Å²) in [5, 5.41) is 45.2. The van der Waals surface area contributed by atoms with E-state index in [1.165, 1.54) is 0 Å². The first-order valence-electron chi connectivity index (χ1n) is 3.51. The fourth-order valence-corrected chi connectivity index (χ4v) is 1.08. The Morgan fingerprint density at radius 1 is 1.33 bits per heavy atom. The lowest BCUT2D eigenvalue weighted by Gasteiger charge is -2.41. The van der Waals surface area contributed by atoms with Crippen LogP contribution in [0.15, 0.2) is 0 Å². The van der Waals surface area contributed by atoms with E-state index in [4.69, 9.17) is 20.4 Å². The van der Waals surface area contributed by atoms with Crippen molar-refractivity contribution in [2.45, 2.75) is 24.1 Å². The highest BCUT2D eigenvalue weighted by Crippen LogP contribution is 2.24. The summed E-state index contributed by atoms with van der Waals surface area (Å²) in [6.07, 6.45) is -4.59. The molecule has 1 rings (SSSR count). The normalized spacial score (nSPS) is 49.2. The number of rotatable bonds is 1. The molecule has 4 atom stereocenters. The Bertz CT molecular complexity index is 162. The molecular weight excluding hydrogens is 168 g/mol. The molecule has 0 aromatic rings. The van der Waals surface area contributed by atoms with E-state index in [0.717, 1.165) is 0 Å². The topological polar surface area (TPSA) is 110 Å². The van der Waals surface area contributed by atoms with Crippen molar-refractivity contribution in [1.29, 1.82) is 0 Å². The van der Waals surface area contributed by atoms with Gasteiger partial charge in [-0.15, -0.1) is 0 Å². The van der Waals surface area contributed by atoms with Crippen molar-refractivity contribution < 1.29 is 30.3 Å². The van der Waals surface area contributed by atoms with Crippen LogP contribution < -0.4 is 0 Å². The predicted octanol–water partition coefficient (Wildman–Crippen LogP) is -3.22. The molecule has 1 saturated heterocycles. The quantitative estimate of drug-likeness (QED) is 0.290. The van der Waals surface area contributed by atoms with E-state index in [-0.39, 0.29) is 6.61 Å². The molecule has 1 fully saturated rings. The van der Waals surface area contributed by atoms with Crippen LogP contribution in [-0.2, 0) is 4.74 Å². The van der Waals surface area contributed by atoms with Crippen molar-refractivity contribution in [2.24, 2.45) is 0 Å². The van der Waals surface area contributed by atoms with E-state index in [1.807, 2.05) is 0 Å². The molecule has 1 aliphatic rings. The minimum atomic E-state index is -2.20. The molecule has 0 bridgehead atoms. The summed E-state index contributed by atoms with van der Waals surface area (Å²) in [4.78, 5) is 0. The van der Waals surface area contributed by atoms with E-state index in [1.54, 1.807) is 0 Å². The zero-order chi connectivity index (χ0) is 9.35. The molecule has 1 heterocycles. The average molecular weight is 180 g/mol. The van der Waals surface area contributed by atoms with Crippen molar-refractivity contribution in [2.75, 3.05) is 13.2 Å². The predicted molar refractivity (Wildman–Crippen MR) is 36.0 cm³/mol. The summed E-state index contributed by atoms with van der Waals surface area (Å²) in [5.41, 5.74) is -2.20. The van der Waals surface area contributed by atoms with Crippen LogP contribution in [0.2, 0.25) is 0 Å². The van der Waals surface area contributed by atoms with E-state index < -0.39 is 30.7 Å². The third kappa shape index (κ3) is 1.33. The van der Waals surface area contributed by atoms with Crippen LogP contribution in [0, 0.1) is 0 Å². The monoisotopic (exact) mass is 180 g/mol. The minimum absolute atomic E-state index is 0.273. The van der Waals surface area contributed by atoms with Gasteiger partial charge >= 0.3 is 0 Å². The fourth-order valence-electron chi connectivity index (χ4n) is 1.08. The highest BCUT2D eigenvalue weighted by molar-refractivity contribution is 4.95. The van der Waals surface area contributed by atoms with E-state index >= 15 is 0 Å². The van der Waals surface area contributed by atoms with Crippen molar-refractivity contribution in [3.63, 3.8) is 0 Å². The highest BCUT2D eigenvalue weighted by atomic mass is 16.6. The Hall–Kier alpha value is -0.240. The molecule has 0 radical (unpaired) electrons. The van der Waals surface area contributed by atoms with Gasteiger partial charge in [0.15, 0.2) is 11.9 Å². The van der Waals surface area contributed by atoms with Gasteiger partial charge in [0.05, 0.1) is 13.2 Å². The number of hydrogen-bond donors (Lipinski definition) is 5. The lowest BCUT2D eigenvalue weighted by atomic mass is 9.91. The molecule has 5 N–H and O–H groups in total. The van der Waals surface area contributed by atoms with Crippen LogP contribution in [-0.4, -0.2) is 62.8 Å². The van der Waals surface area contributed by atoms with Crippen LogP contribution in [0.5, 0.6) is 0 Å². The van der Waals surface area contributed by atoms with Crippen LogP contribution in [0.25, 0.3) is 0 Å². The molecule has 6 heteroatoms. The highest BCUT2D eigenvalue weighted by Gasteiger charge is 2.50. The molecule has 1 aliphatic heterocycles. The van der Waals surface area contributed by atoms with Gasteiger partial charge in [0.2, 0.25) is 0 Å². The second kappa shape index (κ2) is 3.25. The molecule has 0 aromatic carbocycles. The van der Waals surface area contributed by atoms with Gasteiger partial charge in [0.25, 0.3) is 0 Å². The summed E-state index contributed by atoms with van der Waals surface area (Å²) in [7, 11) is 0. The first-order chi connectivity index (χ1) is 5.52. The molecular formula is C6H12O6. The van der Waals surface area contributed by atoms with Crippen molar-refractivity contribution in [3.05, 3.63) is 0 Å². The van der Waals surface area contributed by atoms with Gasteiger partial charge in [0, 0.05) is 0 Å². The minimum Gasteiger partial charge on any atom is -0.393 e. The molecule has 12 heavy (non-hydrogen) atoms. The maximum Gasteiger partial charge on any atom is 0.188 e. The van der Waals surface area contributed by atoms with Crippen molar-refractivity contribution in [3.8, 4) is 0 Å². The van der Waals surface area contributed by atoms with Crippen LogP contribution in [0.3, 0.4) is 0 Å². The maximum atomic E-state index is 9.35. The smallest absolute Gasteiger partial charge is 0.188 e. The van der Waals surface area contributed by atoms with Gasteiger partial charge in [-0.25, -0.2) is 0 Å². The fraction of sp³-hybridized carbons (Fsp3) is 1.00. The largest absolute Gasteiger partial charge is 0.393 e. The summed E-state index contributed by atoms with van der Waals surface area (Å²) >= 11 is 0. The molecule has 0 amide bonds. The SMILES string of the molecule is OC[C@@]1(O)[C@@H](O)OC[C@H](O)[C@@H]1O. The summed E-state index contributed by atoms with van der Waals surface area (Å²) < 4.78 is 4.50. The van der Waals surface area contributed by atoms with Crippen LogP contribution in [0.1, 0.15) is 0 Å². The summed E-state index contributed by atoms with van der Waals surface area (Å²) in [5.74, 6) is 0. The first-order valence-corrected chi connectivity index (χ1v) is 3.51. The molecule has 0 aliphatic carbocycles. The van der Waals surface area contributed by atoms with Crippen LogP contribution >= 0.6 is 0 Å². The van der Waals surface area contributed by atoms with E-state index in [9.17, 15) is 5.11 Å². The number of hydrogen-bond acceptors (Lipinski definition) is 6. The number of aliphatic hydroxyl groups is 5. The Morgan fingerprint density at radius 2 is 1.92 bits per heavy atom. The Labute approximate surface area is 68.6 Å². The maximum absolute atomic E-state index is 9.35. The summed E-state index contributed by atoms with van der Waals surface area (Å²) in [6.45, 7) is -1.16. The standard InChI is InChI=1S/C6H12O6/c7-2-6(11)4(9)3(8)1-12-5(6)10/h3-5,7-11H,1-2H2/t3-,4-,5-,6-/m0/s1. The van der Waals surface area contributed by atoms with E-state index in [0.29, 0.717) is 0 Å². The van der Waals surface area contributed by atoms with Gasteiger partial charge in [0.1, 0.15) is 12.2 Å². The van der Waals surface area contributed by atoms with Gasteiger partial charge in [-0.05, 0) is 0 Å². The Morgan fingerprint density at radius 3 is 2.33 bits per heavy atom. The molecule has 0 aromatic heterocycles. The number of aliphatic hydroxyl groups excluding tert-OH is 4. The number of ether oxygens (including phenoxy) is 1. The zero-order valence-electron chi connectivity index (χ0n) is 6.29. The third-order valence-corrected chi connectivity index (χ3v) is 1.98. The second-order valence-electron chi connectivity index (χ2n) is 2.85. The molecule has 0 saturated carbocycles. The lowest BCUT2D eigenvalue weighted by Crippen LogP contribution is -2.64.